The standard InChI is InChI=1S/C18H16ClNO/c19-18-10-16(9-8-14(18)11-20)21-12-15-6-3-5-13-4-1-2-7-17(13)15/h1-2,4,7-10,15H,3,5-6,12H2. The molecule has 0 heterocycles. The van der Waals surface area contributed by atoms with Gasteiger partial charge in [0.1, 0.15) is 11.8 Å². The molecule has 1 aliphatic rings. The Labute approximate surface area is 129 Å². The molecule has 0 saturated heterocycles. The Hall–Kier alpha value is -1.98. The summed E-state index contributed by atoms with van der Waals surface area (Å²) in [6, 6.07) is 15.9. The van der Waals surface area contributed by atoms with Crippen molar-refractivity contribution in [2.75, 3.05) is 6.61 Å². The van der Waals surface area contributed by atoms with Crippen molar-refractivity contribution in [2.24, 2.45) is 0 Å². The first-order valence-electron chi connectivity index (χ1n) is 7.18. The fourth-order valence-corrected chi connectivity index (χ4v) is 3.11. The van der Waals surface area contributed by atoms with Gasteiger partial charge in [0.05, 0.1) is 17.2 Å². The third-order valence-corrected chi connectivity index (χ3v) is 4.32. The van der Waals surface area contributed by atoms with E-state index in [0.717, 1.165) is 18.6 Å². The summed E-state index contributed by atoms with van der Waals surface area (Å²) in [4.78, 5) is 0. The quantitative estimate of drug-likeness (QED) is 0.822. The number of benzene rings is 2. The van der Waals surface area contributed by atoms with E-state index in [1.54, 1.807) is 18.2 Å². The highest BCUT2D eigenvalue weighted by Crippen LogP contribution is 2.32. The maximum Gasteiger partial charge on any atom is 0.120 e. The molecular formula is C18H16ClNO. The van der Waals surface area contributed by atoms with Crippen LogP contribution in [0.1, 0.15) is 35.4 Å². The maximum atomic E-state index is 8.88. The van der Waals surface area contributed by atoms with Gasteiger partial charge in [0, 0.05) is 12.0 Å². The van der Waals surface area contributed by atoms with Gasteiger partial charge in [-0.1, -0.05) is 35.9 Å². The molecule has 3 heteroatoms. The molecule has 0 aliphatic heterocycles. The molecule has 0 N–H and O–H groups in total. The number of hydrogen-bond donors (Lipinski definition) is 0. The zero-order valence-corrected chi connectivity index (χ0v) is 12.4. The molecule has 21 heavy (non-hydrogen) atoms. The lowest BCUT2D eigenvalue weighted by Crippen LogP contribution is -2.16. The molecule has 106 valence electrons. The third kappa shape index (κ3) is 3.04. The van der Waals surface area contributed by atoms with Gasteiger partial charge in [-0.15, -0.1) is 0 Å². The molecule has 3 rings (SSSR count). The van der Waals surface area contributed by atoms with E-state index in [2.05, 4.69) is 30.3 Å². The van der Waals surface area contributed by atoms with E-state index < -0.39 is 0 Å². The highest BCUT2D eigenvalue weighted by Gasteiger charge is 2.20. The van der Waals surface area contributed by atoms with Gasteiger partial charge in [-0.2, -0.15) is 5.26 Å². The van der Waals surface area contributed by atoms with Gasteiger partial charge in [-0.05, 0) is 42.5 Å². The van der Waals surface area contributed by atoms with Gasteiger partial charge >= 0.3 is 0 Å². The highest BCUT2D eigenvalue weighted by atomic mass is 35.5. The molecule has 2 aromatic rings. The first kappa shape index (κ1) is 14.0. The van der Waals surface area contributed by atoms with Crippen LogP contribution in [0.2, 0.25) is 5.02 Å². The van der Waals surface area contributed by atoms with E-state index in [0.29, 0.717) is 23.1 Å². The Morgan fingerprint density at radius 1 is 1.24 bits per heavy atom. The zero-order chi connectivity index (χ0) is 14.7. The summed E-state index contributed by atoms with van der Waals surface area (Å²) in [5.74, 6) is 1.16. The third-order valence-electron chi connectivity index (χ3n) is 4.01. The first-order valence-corrected chi connectivity index (χ1v) is 7.56. The van der Waals surface area contributed by atoms with Crippen LogP contribution in [-0.2, 0) is 6.42 Å². The predicted molar refractivity (Wildman–Crippen MR) is 83.8 cm³/mol. The largest absolute Gasteiger partial charge is 0.493 e. The molecule has 2 aromatic carbocycles. The van der Waals surface area contributed by atoms with E-state index in [4.69, 9.17) is 21.6 Å². The average Bonchev–Trinajstić information content (AvgIpc) is 2.53. The number of rotatable bonds is 3. The molecule has 2 nitrogen and oxygen atoms in total. The summed E-state index contributed by atoms with van der Waals surface area (Å²) < 4.78 is 5.89. The molecule has 0 spiro atoms. The topological polar surface area (TPSA) is 33.0 Å². The molecule has 0 amide bonds. The van der Waals surface area contributed by atoms with Gasteiger partial charge < -0.3 is 4.74 Å². The minimum absolute atomic E-state index is 0.435. The fraction of sp³-hybridized carbons (Fsp3) is 0.278. The Morgan fingerprint density at radius 3 is 2.90 bits per heavy atom. The van der Waals surface area contributed by atoms with E-state index in [1.165, 1.54) is 17.5 Å². The Balaban J connectivity index is 1.72. The first-order chi connectivity index (χ1) is 10.3. The maximum absolute atomic E-state index is 8.88. The molecule has 0 radical (unpaired) electrons. The van der Waals surface area contributed by atoms with Crippen LogP contribution in [0, 0.1) is 11.3 Å². The van der Waals surface area contributed by atoms with Gasteiger partial charge in [-0.3, -0.25) is 0 Å². The monoisotopic (exact) mass is 297 g/mol. The van der Waals surface area contributed by atoms with Crippen LogP contribution < -0.4 is 4.74 Å². The van der Waals surface area contributed by atoms with Crippen LogP contribution in [0.4, 0.5) is 0 Å². The number of fused-ring (bicyclic) bond motifs is 1. The van der Waals surface area contributed by atoms with Crippen molar-refractivity contribution < 1.29 is 4.74 Å². The Bertz CT molecular complexity index is 690. The molecule has 0 fully saturated rings. The summed E-state index contributed by atoms with van der Waals surface area (Å²) in [7, 11) is 0. The van der Waals surface area contributed by atoms with Crippen LogP contribution in [0.5, 0.6) is 5.75 Å². The number of halogens is 1. The van der Waals surface area contributed by atoms with Crippen molar-refractivity contribution in [3.05, 3.63) is 64.2 Å². The van der Waals surface area contributed by atoms with Crippen molar-refractivity contribution >= 4 is 11.6 Å². The highest BCUT2D eigenvalue weighted by molar-refractivity contribution is 6.31. The molecule has 1 aliphatic carbocycles. The molecular weight excluding hydrogens is 282 g/mol. The van der Waals surface area contributed by atoms with Crippen molar-refractivity contribution in [3.8, 4) is 11.8 Å². The lowest BCUT2D eigenvalue weighted by Gasteiger charge is -2.25. The molecule has 0 aromatic heterocycles. The minimum atomic E-state index is 0.435. The molecule has 1 atom stereocenters. The lowest BCUT2D eigenvalue weighted by atomic mass is 9.83. The smallest absolute Gasteiger partial charge is 0.120 e. The van der Waals surface area contributed by atoms with Crippen LogP contribution in [-0.4, -0.2) is 6.61 Å². The van der Waals surface area contributed by atoms with Crippen molar-refractivity contribution in [1.82, 2.24) is 0 Å². The van der Waals surface area contributed by atoms with Crippen LogP contribution in [0.15, 0.2) is 42.5 Å². The average molecular weight is 298 g/mol. The second-order valence-corrected chi connectivity index (χ2v) is 5.76. The van der Waals surface area contributed by atoms with E-state index >= 15 is 0 Å². The predicted octanol–water partition coefficient (Wildman–Crippen LogP) is 4.71. The van der Waals surface area contributed by atoms with Crippen LogP contribution >= 0.6 is 11.6 Å². The van der Waals surface area contributed by atoms with Crippen molar-refractivity contribution in [3.63, 3.8) is 0 Å². The van der Waals surface area contributed by atoms with E-state index in [1.807, 2.05) is 0 Å². The van der Waals surface area contributed by atoms with Crippen molar-refractivity contribution in [1.29, 1.82) is 5.26 Å². The zero-order valence-electron chi connectivity index (χ0n) is 11.7. The number of ether oxygens (including phenoxy) is 1. The normalized spacial score (nSPS) is 16.9. The summed E-state index contributed by atoms with van der Waals surface area (Å²) in [5, 5.41) is 9.32. The van der Waals surface area contributed by atoms with Crippen LogP contribution in [0.25, 0.3) is 0 Å². The van der Waals surface area contributed by atoms with Gasteiger partial charge in [-0.25, -0.2) is 0 Å². The fourth-order valence-electron chi connectivity index (χ4n) is 2.90. The number of hydrogen-bond acceptors (Lipinski definition) is 2. The van der Waals surface area contributed by atoms with Gasteiger partial charge in [0.25, 0.3) is 0 Å². The Morgan fingerprint density at radius 2 is 2.10 bits per heavy atom. The molecule has 0 bridgehead atoms. The summed E-state index contributed by atoms with van der Waals surface area (Å²) in [6.45, 7) is 0.652. The molecule has 1 unspecified atom stereocenters. The molecule has 0 saturated carbocycles. The number of aryl methyl sites for hydroxylation is 1. The number of nitriles is 1. The summed E-state index contributed by atoms with van der Waals surface area (Å²) >= 11 is 6.03. The van der Waals surface area contributed by atoms with Crippen LogP contribution in [0.3, 0.4) is 0 Å². The van der Waals surface area contributed by atoms with Crippen molar-refractivity contribution in [2.45, 2.75) is 25.2 Å². The summed E-state index contributed by atoms with van der Waals surface area (Å²) in [6.07, 6.45) is 3.52. The Kier molecular flexibility index (Phi) is 4.13. The second-order valence-electron chi connectivity index (χ2n) is 5.35. The second kappa shape index (κ2) is 6.20. The number of nitrogens with zero attached hydrogens (tertiary/aromatic N) is 1. The van der Waals surface area contributed by atoms with E-state index in [9.17, 15) is 0 Å². The van der Waals surface area contributed by atoms with E-state index in [-0.39, 0.29) is 0 Å². The lowest BCUT2D eigenvalue weighted by molar-refractivity contribution is 0.274. The van der Waals surface area contributed by atoms with Gasteiger partial charge in [0.15, 0.2) is 0 Å². The minimum Gasteiger partial charge on any atom is -0.493 e. The SMILES string of the molecule is N#Cc1ccc(OCC2CCCc3ccccc32)cc1Cl. The van der Waals surface area contributed by atoms with Gasteiger partial charge in [0.2, 0.25) is 0 Å². The summed E-state index contributed by atoms with van der Waals surface area (Å²) in [5.41, 5.74) is 3.32.